The highest BCUT2D eigenvalue weighted by atomic mass is 16.5. The van der Waals surface area contributed by atoms with Gasteiger partial charge in [0.2, 0.25) is 0 Å². The van der Waals surface area contributed by atoms with E-state index in [2.05, 4.69) is 5.32 Å². The van der Waals surface area contributed by atoms with Gasteiger partial charge in [-0.3, -0.25) is 9.59 Å². The summed E-state index contributed by atoms with van der Waals surface area (Å²) in [4.78, 5) is 25.4. The third kappa shape index (κ3) is 3.83. The van der Waals surface area contributed by atoms with E-state index in [4.69, 9.17) is 9.15 Å². The number of carbonyl (C=O) groups is 1. The lowest BCUT2D eigenvalue weighted by atomic mass is 10.1. The van der Waals surface area contributed by atoms with Crippen molar-refractivity contribution in [1.29, 1.82) is 0 Å². The van der Waals surface area contributed by atoms with Crippen molar-refractivity contribution in [3.8, 4) is 11.3 Å². The fraction of sp³-hybridized carbons (Fsp3) is 0.130. The smallest absolute Gasteiger partial charge is 0.291 e. The molecule has 2 heterocycles. The van der Waals surface area contributed by atoms with Crippen LogP contribution in [0.5, 0.6) is 0 Å². The number of amides is 1. The van der Waals surface area contributed by atoms with E-state index in [1.165, 1.54) is 0 Å². The van der Waals surface area contributed by atoms with Crippen LogP contribution < -0.4 is 10.9 Å². The van der Waals surface area contributed by atoms with Gasteiger partial charge >= 0.3 is 0 Å². The van der Waals surface area contributed by atoms with Crippen LogP contribution in [0.25, 0.3) is 22.1 Å². The second-order valence-electron chi connectivity index (χ2n) is 6.56. The van der Waals surface area contributed by atoms with Gasteiger partial charge in [-0.2, -0.15) is 0 Å². The summed E-state index contributed by atoms with van der Waals surface area (Å²) in [6.45, 7) is 0.917. The number of pyridine rings is 1. The summed E-state index contributed by atoms with van der Waals surface area (Å²) >= 11 is 0. The Balaban J connectivity index is 1.61. The van der Waals surface area contributed by atoms with Gasteiger partial charge in [0.1, 0.15) is 5.76 Å². The summed E-state index contributed by atoms with van der Waals surface area (Å²) in [6.07, 6.45) is 1.71. The summed E-state index contributed by atoms with van der Waals surface area (Å²) < 4.78 is 12.3. The molecule has 4 rings (SSSR count). The highest BCUT2D eigenvalue weighted by Crippen LogP contribution is 2.24. The number of carbonyl (C=O) groups excluding carboxylic acids is 1. The summed E-state index contributed by atoms with van der Waals surface area (Å²) in [5.41, 5.74) is 1.33. The topological polar surface area (TPSA) is 73.5 Å². The Morgan fingerprint density at radius 1 is 1.00 bits per heavy atom. The molecule has 0 fully saturated rings. The number of methoxy groups -OCH3 is 1. The molecule has 0 spiro atoms. The molecule has 0 bridgehead atoms. The van der Waals surface area contributed by atoms with Crippen LogP contribution in [0, 0.1) is 0 Å². The lowest BCUT2D eigenvalue weighted by Crippen LogP contribution is -2.22. The van der Waals surface area contributed by atoms with Crippen LogP contribution in [-0.2, 0) is 11.3 Å². The van der Waals surface area contributed by atoms with Crippen molar-refractivity contribution in [2.24, 2.45) is 0 Å². The van der Waals surface area contributed by atoms with E-state index in [1.54, 1.807) is 48.2 Å². The van der Waals surface area contributed by atoms with Crippen LogP contribution in [0.15, 0.2) is 82.1 Å². The van der Waals surface area contributed by atoms with E-state index < -0.39 is 0 Å². The van der Waals surface area contributed by atoms with Gasteiger partial charge in [0.15, 0.2) is 5.76 Å². The maximum atomic E-state index is 12.7. The minimum Gasteiger partial charge on any atom is -0.451 e. The maximum Gasteiger partial charge on any atom is 0.291 e. The molecule has 0 saturated heterocycles. The molecule has 4 aromatic rings. The Kier molecular flexibility index (Phi) is 5.27. The fourth-order valence-corrected chi connectivity index (χ4v) is 3.19. The second-order valence-corrected chi connectivity index (χ2v) is 6.56. The molecule has 0 saturated carbocycles. The molecule has 146 valence electrons. The number of anilines is 1. The molecule has 0 unspecified atom stereocenters. The van der Waals surface area contributed by atoms with Crippen molar-refractivity contribution in [2.75, 3.05) is 19.0 Å². The minimum absolute atomic E-state index is 0.125. The second kappa shape index (κ2) is 8.16. The highest BCUT2D eigenvalue weighted by Gasteiger charge is 2.14. The number of furan rings is 1. The van der Waals surface area contributed by atoms with E-state index in [0.29, 0.717) is 35.4 Å². The van der Waals surface area contributed by atoms with Gasteiger partial charge in [-0.15, -0.1) is 0 Å². The molecule has 0 aliphatic rings. The largest absolute Gasteiger partial charge is 0.451 e. The van der Waals surface area contributed by atoms with Crippen molar-refractivity contribution in [3.05, 3.63) is 89.0 Å². The molecule has 2 aromatic carbocycles. The van der Waals surface area contributed by atoms with E-state index in [-0.39, 0.29) is 17.2 Å². The van der Waals surface area contributed by atoms with E-state index >= 15 is 0 Å². The van der Waals surface area contributed by atoms with E-state index in [0.717, 1.165) is 5.56 Å². The maximum absolute atomic E-state index is 12.7. The number of fused-ring (bicyclic) bond motifs is 1. The molecule has 0 aliphatic carbocycles. The third-order valence-corrected chi connectivity index (χ3v) is 4.69. The van der Waals surface area contributed by atoms with Gasteiger partial charge < -0.3 is 19.0 Å². The van der Waals surface area contributed by atoms with Gasteiger partial charge in [0, 0.05) is 41.9 Å². The lowest BCUT2D eigenvalue weighted by molar-refractivity contribution is 0.0997. The predicted molar refractivity (Wildman–Crippen MR) is 112 cm³/mol. The molecule has 0 atom stereocenters. The van der Waals surface area contributed by atoms with Crippen LogP contribution in [0.1, 0.15) is 10.6 Å². The van der Waals surface area contributed by atoms with Gasteiger partial charge in [0.05, 0.1) is 6.61 Å². The molecular formula is C23H20N2O4. The number of aromatic nitrogens is 1. The van der Waals surface area contributed by atoms with Gasteiger partial charge in [-0.05, 0) is 30.3 Å². The molecule has 6 heteroatoms. The van der Waals surface area contributed by atoms with Crippen LogP contribution >= 0.6 is 0 Å². The molecule has 0 aliphatic heterocycles. The standard InChI is InChI=1S/C23H20N2O4/c1-28-15-14-25-13-12-17-18(23(25)27)8-5-9-19(17)24-22(26)21-11-10-20(29-21)16-6-3-2-4-7-16/h2-13H,14-15H2,1H3,(H,24,26). The molecule has 29 heavy (non-hydrogen) atoms. The average molecular weight is 388 g/mol. The van der Waals surface area contributed by atoms with Crippen LogP contribution in [0.4, 0.5) is 5.69 Å². The Hall–Kier alpha value is -3.64. The Morgan fingerprint density at radius 2 is 1.83 bits per heavy atom. The molecule has 0 radical (unpaired) electrons. The SMILES string of the molecule is COCCn1ccc2c(NC(=O)c3ccc(-c4ccccc4)o3)cccc2c1=O. The normalized spacial score (nSPS) is 10.9. The number of hydrogen-bond donors (Lipinski definition) is 1. The van der Waals surface area contributed by atoms with Crippen LogP contribution in [0.3, 0.4) is 0 Å². The molecular weight excluding hydrogens is 368 g/mol. The van der Waals surface area contributed by atoms with Crippen molar-refractivity contribution < 1.29 is 13.9 Å². The zero-order valence-corrected chi connectivity index (χ0v) is 15.9. The average Bonchev–Trinajstić information content (AvgIpc) is 3.25. The van der Waals surface area contributed by atoms with Crippen LogP contribution in [0.2, 0.25) is 0 Å². The number of ether oxygens (including phenoxy) is 1. The molecule has 1 amide bonds. The monoisotopic (exact) mass is 388 g/mol. The number of nitrogens with zero attached hydrogens (tertiary/aromatic N) is 1. The third-order valence-electron chi connectivity index (χ3n) is 4.69. The van der Waals surface area contributed by atoms with E-state index in [9.17, 15) is 9.59 Å². The number of rotatable bonds is 6. The first-order valence-electron chi connectivity index (χ1n) is 9.25. The first-order chi connectivity index (χ1) is 14.2. The Bertz CT molecular complexity index is 1210. The quantitative estimate of drug-likeness (QED) is 0.538. The summed E-state index contributed by atoms with van der Waals surface area (Å²) in [7, 11) is 1.59. The highest BCUT2D eigenvalue weighted by molar-refractivity contribution is 6.07. The van der Waals surface area contributed by atoms with Crippen molar-refractivity contribution in [2.45, 2.75) is 6.54 Å². The van der Waals surface area contributed by atoms with Gasteiger partial charge in [0.25, 0.3) is 11.5 Å². The summed E-state index contributed by atoms with van der Waals surface area (Å²) in [6, 6.07) is 20.1. The molecule has 1 N–H and O–H groups in total. The Labute approximate surface area is 167 Å². The minimum atomic E-state index is -0.372. The first kappa shape index (κ1) is 18.7. The van der Waals surface area contributed by atoms with Gasteiger partial charge in [-0.25, -0.2) is 0 Å². The zero-order chi connectivity index (χ0) is 20.2. The van der Waals surface area contributed by atoms with Crippen molar-refractivity contribution in [1.82, 2.24) is 4.57 Å². The lowest BCUT2D eigenvalue weighted by Gasteiger charge is -2.10. The molecule has 6 nitrogen and oxygen atoms in total. The number of nitrogens with one attached hydrogen (secondary N) is 1. The Morgan fingerprint density at radius 3 is 2.62 bits per heavy atom. The van der Waals surface area contributed by atoms with Gasteiger partial charge in [-0.1, -0.05) is 36.4 Å². The number of benzene rings is 2. The fourth-order valence-electron chi connectivity index (χ4n) is 3.19. The van der Waals surface area contributed by atoms with E-state index in [1.807, 2.05) is 36.4 Å². The number of hydrogen-bond acceptors (Lipinski definition) is 4. The molecule has 2 aromatic heterocycles. The van der Waals surface area contributed by atoms with Crippen LogP contribution in [-0.4, -0.2) is 24.2 Å². The first-order valence-corrected chi connectivity index (χ1v) is 9.25. The predicted octanol–water partition coefficient (Wildman–Crippen LogP) is 4.16. The van der Waals surface area contributed by atoms with Crippen molar-refractivity contribution >= 4 is 22.4 Å². The van der Waals surface area contributed by atoms with Crippen molar-refractivity contribution in [3.63, 3.8) is 0 Å². The summed E-state index contributed by atoms with van der Waals surface area (Å²) in [5.74, 6) is 0.451. The zero-order valence-electron chi connectivity index (χ0n) is 15.9. The summed E-state index contributed by atoms with van der Waals surface area (Å²) in [5, 5.41) is 4.06.